The van der Waals surface area contributed by atoms with Crippen LogP contribution in [0.4, 0.5) is 4.79 Å². The van der Waals surface area contributed by atoms with Crippen molar-refractivity contribution >= 4 is 23.8 Å². The summed E-state index contributed by atoms with van der Waals surface area (Å²) in [7, 11) is 0. The maximum Gasteiger partial charge on any atom is 0.335 e. The van der Waals surface area contributed by atoms with E-state index >= 15 is 0 Å². The monoisotopic (exact) mass is 379 g/mol. The van der Waals surface area contributed by atoms with Gasteiger partial charge in [-0.3, -0.25) is 29.1 Å². The summed E-state index contributed by atoms with van der Waals surface area (Å²) in [6.45, 7) is 8.41. The Labute approximate surface area is 159 Å². The van der Waals surface area contributed by atoms with Gasteiger partial charge in [-0.1, -0.05) is 0 Å². The lowest BCUT2D eigenvalue weighted by molar-refractivity contribution is -0.144. The van der Waals surface area contributed by atoms with Gasteiger partial charge in [-0.2, -0.15) is 0 Å². The second-order valence-electron chi connectivity index (χ2n) is 7.76. The topological polar surface area (TPSA) is 84.5 Å². The number of rotatable bonds is 5. The highest BCUT2D eigenvalue weighted by Crippen LogP contribution is 2.17. The van der Waals surface area contributed by atoms with Crippen LogP contribution in [0.5, 0.6) is 0 Å². The summed E-state index contributed by atoms with van der Waals surface area (Å²) in [5.74, 6) is -1.32. The van der Waals surface area contributed by atoms with Gasteiger partial charge >= 0.3 is 17.8 Å². The van der Waals surface area contributed by atoms with Crippen LogP contribution < -0.4 is 0 Å². The van der Waals surface area contributed by atoms with Crippen LogP contribution in [0.1, 0.15) is 33.1 Å². The predicted molar refractivity (Wildman–Crippen MR) is 97.5 cm³/mol. The van der Waals surface area contributed by atoms with Crippen LogP contribution in [0.15, 0.2) is 0 Å². The summed E-state index contributed by atoms with van der Waals surface area (Å²) < 4.78 is 0. The smallest absolute Gasteiger partial charge is 0.335 e. The number of amides is 5. The Bertz CT molecular complexity index is 609. The number of carbonyl (C=O) groups excluding carboxylic acids is 4. The highest BCUT2D eigenvalue weighted by atomic mass is 16.2. The molecule has 3 aliphatic rings. The quantitative estimate of drug-likeness (QED) is 0.485. The van der Waals surface area contributed by atoms with Gasteiger partial charge in [0.1, 0.15) is 0 Å². The van der Waals surface area contributed by atoms with E-state index in [1.165, 1.54) is 6.42 Å². The van der Waals surface area contributed by atoms with Gasteiger partial charge in [-0.15, -0.1) is 0 Å². The van der Waals surface area contributed by atoms with Crippen LogP contribution in [0, 0.1) is 0 Å². The highest BCUT2D eigenvalue weighted by Gasteiger charge is 2.46. The third kappa shape index (κ3) is 4.30. The van der Waals surface area contributed by atoms with E-state index in [1.54, 1.807) is 13.8 Å². The number of urea groups is 1. The fourth-order valence-corrected chi connectivity index (χ4v) is 3.83. The van der Waals surface area contributed by atoms with E-state index in [1.807, 2.05) is 9.80 Å². The van der Waals surface area contributed by atoms with Gasteiger partial charge in [0, 0.05) is 45.3 Å². The molecule has 0 spiro atoms. The lowest BCUT2D eigenvalue weighted by Crippen LogP contribution is -2.53. The molecule has 150 valence electrons. The SMILES string of the molecule is CC(C)N1C(=O)C(=O)N(CN2CCN(CC(=O)N3CCCCC3)CC2)C1=O. The van der Waals surface area contributed by atoms with Crippen molar-refractivity contribution in [3.8, 4) is 0 Å². The molecular formula is C18H29N5O4. The molecule has 3 rings (SSSR count). The first-order chi connectivity index (χ1) is 12.9. The predicted octanol–water partition coefficient (Wildman–Crippen LogP) is -0.227. The molecule has 5 amide bonds. The van der Waals surface area contributed by atoms with Crippen LogP contribution in [-0.4, -0.2) is 107 Å². The number of nitrogens with zero attached hydrogens (tertiary/aromatic N) is 5. The second kappa shape index (κ2) is 8.35. The molecule has 9 nitrogen and oxygen atoms in total. The molecule has 0 radical (unpaired) electrons. The summed E-state index contributed by atoms with van der Waals surface area (Å²) in [6.07, 6.45) is 3.38. The lowest BCUT2D eigenvalue weighted by atomic mass is 10.1. The van der Waals surface area contributed by atoms with Gasteiger partial charge in [-0.25, -0.2) is 9.69 Å². The standard InChI is InChI=1S/C18H29N5O4/c1-14(2)23-17(26)16(25)22(18(23)27)13-20-10-8-19(9-11-20)12-15(24)21-6-4-3-5-7-21/h14H,3-13H2,1-2H3. The molecule has 0 bridgehead atoms. The van der Waals surface area contributed by atoms with Crippen LogP contribution in [-0.2, 0) is 14.4 Å². The van der Waals surface area contributed by atoms with Crippen molar-refractivity contribution in [1.82, 2.24) is 24.5 Å². The Morgan fingerprint density at radius 2 is 1.44 bits per heavy atom. The van der Waals surface area contributed by atoms with Crippen molar-refractivity contribution < 1.29 is 19.2 Å². The summed E-state index contributed by atoms with van der Waals surface area (Å²) in [5.41, 5.74) is 0. The zero-order chi connectivity index (χ0) is 19.6. The normalized spacial score (nSPS) is 23.1. The minimum Gasteiger partial charge on any atom is -0.342 e. The van der Waals surface area contributed by atoms with Crippen molar-refractivity contribution in [3.63, 3.8) is 0 Å². The van der Waals surface area contributed by atoms with Gasteiger partial charge in [0.15, 0.2) is 0 Å². The lowest BCUT2D eigenvalue weighted by Gasteiger charge is -2.36. The largest absolute Gasteiger partial charge is 0.342 e. The molecule has 3 aliphatic heterocycles. The maximum atomic E-state index is 12.4. The number of hydrogen-bond donors (Lipinski definition) is 0. The first-order valence-corrected chi connectivity index (χ1v) is 9.80. The van der Waals surface area contributed by atoms with Crippen molar-refractivity contribution in [1.29, 1.82) is 0 Å². The minimum atomic E-state index is -0.753. The number of likely N-dealkylation sites (tertiary alicyclic amines) is 1. The zero-order valence-corrected chi connectivity index (χ0v) is 16.2. The van der Waals surface area contributed by atoms with Crippen molar-refractivity contribution in [2.24, 2.45) is 0 Å². The Morgan fingerprint density at radius 1 is 0.852 bits per heavy atom. The molecular weight excluding hydrogens is 350 g/mol. The van der Waals surface area contributed by atoms with Gasteiger partial charge in [-0.05, 0) is 33.1 Å². The molecule has 0 aromatic rings. The molecule has 0 saturated carbocycles. The molecule has 0 atom stereocenters. The van der Waals surface area contributed by atoms with Crippen molar-refractivity contribution in [3.05, 3.63) is 0 Å². The molecule has 9 heteroatoms. The molecule has 0 aliphatic carbocycles. The van der Waals surface area contributed by atoms with E-state index in [2.05, 4.69) is 4.90 Å². The van der Waals surface area contributed by atoms with Crippen LogP contribution in [0.2, 0.25) is 0 Å². The van der Waals surface area contributed by atoms with Crippen LogP contribution >= 0.6 is 0 Å². The Balaban J connectivity index is 1.47. The van der Waals surface area contributed by atoms with E-state index in [4.69, 9.17) is 0 Å². The number of imide groups is 2. The third-order valence-corrected chi connectivity index (χ3v) is 5.47. The van der Waals surface area contributed by atoms with Crippen LogP contribution in [0.25, 0.3) is 0 Å². The molecule has 0 N–H and O–H groups in total. The first-order valence-electron chi connectivity index (χ1n) is 9.80. The molecule has 3 heterocycles. The Morgan fingerprint density at radius 3 is 2.00 bits per heavy atom. The zero-order valence-electron chi connectivity index (χ0n) is 16.2. The minimum absolute atomic E-state index is 0.126. The summed E-state index contributed by atoms with van der Waals surface area (Å²) in [6, 6.07) is -0.876. The van der Waals surface area contributed by atoms with E-state index in [-0.39, 0.29) is 18.6 Å². The molecule has 3 saturated heterocycles. The number of piperidine rings is 1. The van der Waals surface area contributed by atoms with Gasteiger partial charge in [0.25, 0.3) is 0 Å². The Kier molecular flexibility index (Phi) is 6.11. The number of piperazine rings is 1. The van der Waals surface area contributed by atoms with Gasteiger partial charge in [0.05, 0.1) is 13.2 Å². The summed E-state index contributed by atoms with van der Waals surface area (Å²) in [4.78, 5) is 56.9. The van der Waals surface area contributed by atoms with Gasteiger partial charge < -0.3 is 4.90 Å². The summed E-state index contributed by atoms with van der Waals surface area (Å²) >= 11 is 0. The van der Waals surface area contributed by atoms with E-state index in [0.29, 0.717) is 32.7 Å². The van der Waals surface area contributed by atoms with Gasteiger partial charge in [0.2, 0.25) is 5.91 Å². The van der Waals surface area contributed by atoms with E-state index in [0.717, 1.165) is 35.7 Å². The van der Waals surface area contributed by atoms with Crippen molar-refractivity contribution in [2.75, 3.05) is 52.5 Å². The average Bonchev–Trinajstić information content (AvgIpc) is 2.87. The summed E-state index contributed by atoms with van der Waals surface area (Å²) in [5, 5.41) is 0. The molecule has 27 heavy (non-hydrogen) atoms. The average molecular weight is 379 g/mol. The first kappa shape index (κ1) is 19.8. The highest BCUT2D eigenvalue weighted by molar-refractivity contribution is 6.44. The molecule has 3 fully saturated rings. The fourth-order valence-electron chi connectivity index (χ4n) is 3.83. The molecule has 0 unspecified atom stereocenters. The van der Waals surface area contributed by atoms with Crippen LogP contribution in [0.3, 0.4) is 0 Å². The number of carbonyl (C=O) groups is 4. The van der Waals surface area contributed by atoms with E-state index < -0.39 is 17.8 Å². The fraction of sp³-hybridized carbons (Fsp3) is 0.778. The Hall–Kier alpha value is -2.00. The molecule has 0 aromatic heterocycles. The third-order valence-electron chi connectivity index (χ3n) is 5.47. The molecule has 0 aromatic carbocycles. The van der Waals surface area contributed by atoms with E-state index in [9.17, 15) is 19.2 Å². The van der Waals surface area contributed by atoms with Crippen molar-refractivity contribution in [2.45, 2.75) is 39.2 Å². The maximum absolute atomic E-state index is 12.4. The number of hydrogen-bond acceptors (Lipinski definition) is 6. The second-order valence-corrected chi connectivity index (χ2v) is 7.76.